The summed E-state index contributed by atoms with van der Waals surface area (Å²) < 4.78 is 35.8. The van der Waals surface area contributed by atoms with Gasteiger partial charge in [0.25, 0.3) is 5.91 Å². The maximum Gasteiger partial charge on any atom is 0.251 e. The Morgan fingerprint density at radius 2 is 1.77 bits per heavy atom. The highest BCUT2D eigenvalue weighted by molar-refractivity contribution is 7.89. The van der Waals surface area contributed by atoms with E-state index in [9.17, 15) is 22.4 Å². The topological polar surface area (TPSA) is 113 Å². The summed E-state index contributed by atoms with van der Waals surface area (Å²) >= 11 is 5.36. The van der Waals surface area contributed by atoms with E-state index in [-0.39, 0.29) is 17.2 Å². The summed E-state index contributed by atoms with van der Waals surface area (Å²) in [6.45, 7) is 0.359. The standard InChI is InChI=1S/C20H21FN4O4S2/c1-24-19(27)17(12-18(26)23-15-6-4-14(21)5-7-15)25(20(24)30)11-10-13-2-8-16(9-3-13)31(22,28)29/h2-9,17H,10-12H2,1H3,(H,23,26)(H2,22,28,29). The summed E-state index contributed by atoms with van der Waals surface area (Å²) in [7, 11) is -2.22. The molecule has 1 saturated heterocycles. The lowest BCUT2D eigenvalue weighted by molar-refractivity contribution is -0.130. The van der Waals surface area contributed by atoms with Gasteiger partial charge in [-0.05, 0) is 60.6 Å². The van der Waals surface area contributed by atoms with E-state index in [1.807, 2.05) is 0 Å². The van der Waals surface area contributed by atoms with Crippen LogP contribution in [0.5, 0.6) is 0 Å². The van der Waals surface area contributed by atoms with Crippen LogP contribution in [0.15, 0.2) is 53.4 Å². The van der Waals surface area contributed by atoms with Crippen molar-refractivity contribution in [3.05, 3.63) is 59.9 Å². The third kappa shape index (κ3) is 5.43. The number of carbonyl (C=O) groups is 2. The predicted octanol–water partition coefficient (Wildman–Crippen LogP) is 1.47. The van der Waals surface area contributed by atoms with Crippen LogP contribution in [0.25, 0.3) is 0 Å². The summed E-state index contributed by atoms with van der Waals surface area (Å²) in [6, 6.07) is 10.7. The van der Waals surface area contributed by atoms with Gasteiger partial charge in [-0.15, -0.1) is 0 Å². The minimum atomic E-state index is -3.77. The summed E-state index contributed by atoms with van der Waals surface area (Å²) in [4.78, 5) is 28.1. The van der Waals surface area contributed by atoms with E-state index in [0.717, 1.165) is 5.56 Å². The van der Waals surface area contributed by atoms with Gasteiger partial charge >= 0.3 is 0 Å². The van der Waals surface area contributed by atoms with Gasteiger partial charge < -0.3 is 10.2 Å². The number of carbonyl (C=O) groups excluding carboxylic acids is 2. The average Bonchev–Trinajstić information content (AvgIpc) is 2.91. The fraction of sp³-hybridized carbons (Fsp3) is 0.250. The lowest BCUT2D eigenvalue weighted by Gasteiger charge is -2.23. The van der Waals surface area contributed by atoms with Gasteiger partial charge in [0.05, 0.1) is 11.3 Å². The van der Waals surface area contributed by atoms with Crippen molar-refractivity contribution < 1.29 is 22.4 Å². The Balaban J connectivity index is 1.67. The largest absolute Gasteiger partial charge is 0.336 e. The first-order valence-corrected chi connectivity index (χ1v) is 11.3. The highest BCUT2D eigenvalue weighted by Gasteiger charge is 2.41. The SMILES string of the molecule is CN1C(=O)C(CC(=O)Nc2ccc(F)cc2)N(CCc2ccc(S(N)(=O)=O)cc2)C1=S. The molecule has 3 N–H and O–H groups in total. The molecule has 2 aromatic carbocycles. The lowest BCUT2D eigenvalue weighted by Crippen LogP contribution is -2.39. The molecular weight excluding hydrogens is 443 g/mol. The second kappa shape index (κ2) is 9.08. The molecular formula is C20H21FN4O4S2. The van der Waals surface area contributed by atoms with Crippen molar-refractivity contribution in [1.29, 1.82) is 0 Å². The van der Waals surface area contributed by atoms with Gasteiger partial charge in [0.1, 0.15) is 11.9 Å². The number of primary sulfonamides is 1. The normalized spacial score (nSPS) is 16.7. The number of nitrogens with two attached hydrogens (primary N) is 1. The fourth-order valence-electron chi connectivity index (χ4n) is 3.24. The number of sulfonamides is 1. The predicted molar refractivity (Wildman–Crippen MR) is 117 cm³/mol. The number of nitrogens with zero attached hydrogens (tertiary/aromatic N) is 2. The van der Waals surface area contributed by atoms with Gasteiger partial charge in [-0.1, -0.05) is 12.1 Å². The first-order valence-electron chi connectivity index (χ1n) is 9.31. The number of likely N-dealkylation sites (N-methyl/N-ethyl adjacent to an activating group) is 1. The van der Waals surface area contributed by atoms with Crippen LogP contribution >= 0.6 is 12.2 Å². The molecule has 0 aromatic heterocycles. The lowest BCUT2D eigenvalue weighted by atomic mass is 10.1. The zero-order valence-electron chi connectivity index (χ0n) is 16.6. The second-order valence-corrected chi connectivity index (χ2v) is 9.01. The van der Waals surface area contributed by atoms with Gasteiger partial charge in [-0.2, -0.15) is 0 Å². The van der Waals surface area contributed by atoms with Crippen LogP contribution in [-0.4, -0.2) is 54.8 Å². The van der Waals surface area contributed by atoms with E-state index in [2.05, 4.69) is 5.32 Å². The first-order chi connectivity index (χ1) is 14.6. The molecule has 1 heterocycles. The Morgan fingerprint density at radius 1 is 1.16 bits per heavy atom. The van der Waals surface area contributed by atoms with Gasteiger partial charge in [0, 0.05) is 19.3 Å². The molecule has 11 heteroatoms. The second-order valence-electron chi connectivity index (χ2n) is 7.09. The van der Waals surface area contributed by atoms with Crippen LogP contribution < -0.4 is 10.5 Å². The van der Waals surface area contributed by atoms with E-state index in [4.69, 9.17) is 17.4 Å². The molecule has 0 spiro atoms. The molecule has 1 atom stereocenters. The third-order valence-electron chi connectivity index (χ3n) is 4.92. The highest BCUT2D eigenvalue weighted by Crippen LogP contribution is 2.21. The fourth-order valence-corrected chi connectivity index (χ4v) is 4.07. The first kappa shape index (κ1) is 22.8. The number of benzene rings is 2. The monoisotopic (exact) mass is 464 g/mol. The van der Waals surface area contributed by atoms with Gasteiger partial charge in [0.2, 0.25) is 15.9 Å². The van der Waals surface area contributed by atoms with Crippen LogP contribution in [0.2, 0.25) is 0 Å². The van der Waals surface area contributed by atoms with E-state index in [0.29, 0.717) is 23.8 Å². The number of anilines is 1. The molecule has 0 aliphatic carbocycles. The average molecular weight is 465 g/mol. The molecule has 1 aliphatic heterocycles. The Bertz CT molecular complexity index is 1110. The van der Waals surface area contributed by atoms with Crippen molar-refractivity contribution in [1.82, 2.24) is 9.80 Å². The molecule has 164 valence electrons. The maximum absolute atomic E-state index is 13.0. The number of rotatable bonds is 7. The molecule has 2 amide bonds. The highest BCUT2D eigenvalue weighted by atomic mass is 32.2. The minimum absolute atomic E-state index is 0.0122. The van der Waals surface area contributed by atoms with Crippen LogP contribution in [0.1, 0.15) is 12.0 Å². The number of amides is 2. The van der Waals surface area contributed by atoms with Crippen LogP contribution in [0.4, 0.5) is 10.1 Å². The van der Waals surface area contributed by atoms with Crippen molar-refractivity contribution in [2.75, 3.05) is 18.9 Å². The molecule has 1 unspecified atom stereocenters. The maximum atomic E-state index is 13.0. The molecule has 31 heavy (non-hydrogen) atoms. The molecule has 0 radical (unpaired) electrons. The molecule has 1 aliphatic rings. The number of thiocarbonyl (C=S) groups is 1. The molecule has 3 rings (SSSR count). The molecule has 8 nitrogen and oxygen atoms in total. The van der Waals surface area contributed by atoms with E-state index in [1.165, 1.54) is 41.3 Å². The summed E-state index contributed by atoms with van der Waals surface area (Å²) in [6.07, 6.45) is 0.354. The van der Waals surface area contributed by atoms with Gasteiger partial charge in [-0.3, -0.25) is 14.5 Å². The Labute approximate surface area is 184 Å². The van der Waals surface area contributed by atoms with Crippen LogP contribution in [-0.2, 0) is 26.0 Å². The van der Waals surface area contributed by atoms with E-state index >= 15 is 0 Å². The molecule has 0 bridgehead atoms. The number of hydrogen-bond donors (Lipinski definition) is 2. The molecule has 0 saturated carbocycles. The van der Waals surface area contributed by atoms with Crippen molar-refractivity contribution in [2.24, 2.45) is 5.14 Å². The number of hydrogen-bond acceptors (Lipinski definition) is 5. The zero-order chi connectivity index (χ0) is 22.8. The number of halogens is 1. The van der Waals surface area contributed by atoms with Crippen molar-refractivity contribution in [3.8, 4) is 0 Å². The van der Waals surface area contributed by atoms with Crippen molar-refractivity contribution in [3.63, 3.8) is 0 Å². The minimum Gasteiger partial charge on any atom is -0.336 e. The van der Waals surface area contributed by atoms with Gasteiger partial charge in [0.15, 0.2) is 5.11 Å². The third-order valence-corrected chi connectivity index (χ3v) is 6.36. The van der Waals surface area contributed by atoms with Crippen molar-refractivity contribution in [2.45, 2.75) is 23.8 Å². The Hall–Kier alpha value is -2.89. The summed E-state index contributed by atoms with van der Waals surface area (Å²) in [5, 5.41) is 8.06. The zero-order valence-corrected chi connectivity index (χ0v) is 18.2. The van der Waals surface area contributed by atoms with Crippen molar-refractivity contribution >= 4 is 44.9 Å². The number of nitrogens with one attached hydrogen (secondary N) is 1. The summed E-state index contributed by atoms with van der Waals surface area (Å²) in [5.41, 5.74) is 1.25. The molecule has 2 aromatic rings. The van der Waals surface area contributed by atoms with E-state index in [1.54, 1.807) is 24.1 Å². The van der Waals surface area contributed by atoms with E-state index < -0.39 is 27.8 Å². The summed E-state index contributed by atoms with van der Waals surface area (Å²) in [5.74, 6) is -1.10. The van der Waals surface area contributed by atoms with Gasteiger partial charge in [-0.25, -0.2) is 17.9 Å². The van der Waals surface area contributed by atoms with Crippen LogP contribution in [0, 0.1) is 5.82 Å². The van der Waals surface area contributed by atoms with Crippen LogP contribution in [0.3, 0.4) is 0 Å². The Kier molecular flexibility index (Phi) is 6.68. The Morgan fingerprint density at radius 3 is 2.35 bits per heavy atom. The smallest absolute Gasteiger partial charge is 0.251 e. The quantitative estimate of drug-likeness (QED) is 0.600. The molecule has 1 fully saturated rings.